The largest absolute Gasteiger partial charge is 0.462 e. The standard InChI is InChI=1S/C23H24N4O5S/c1-6-32-22(30)18-17(14-10-8-7-9-11-14)16(33-19(18)24-13-25(2)3)12-15-20(28)26(4)23(31)27(5)21(15)29/h7-13H,6H2,1-5H3. The normalized spacial score (nSPS) is 14.3. The molecule has 0 N–H and O–H groups in total. The molecule has 4 amide bonds. The number of ether oxygens (including phenoxy) is 1. The molecule has 0 aliphatic carbocycles. The second kappa shape index (κ2) is 9.78. The van der Waals surface area contributed by atoms with Crippen molar-refractivity contribution >= 4 is 52.6 Å². The van der Waals surface area contributed by atoms with E-state index in [1.54, 1.807) is 32.3 Å². The van der Waals surface area contributed by atoms with E-state index in [0.717, 1.165) is 21.1 Å². The van der Waals surface area contributed by atoms with Crippen LogP contribution in [0, 0.1) is 0 Å². The maximum absolute atomic E-state index is 13.0. The summed E-state index contributed by atoms with van der Waals surface area (Å²) < 4.78 is 5.30. The van der Waals surface area contributed by atoms with E-state index >= 15 is 0 Å². The van der Waals surface area contributed by atoms with E-state index < -0.39 is 23.8 Å². The molecular formula is C23H24N4O5S. The van der Waals surface area contributed by atoms with Crippen molar-refractivity contribution in [2.45, 2.75) is 6.92 Å². The summed E-state index contributed by atoms with van der Waals surface area (Å²) in [5, 5.41) is 0.376. The zero-order valence-electron chi connectivity index (χ0n) is 19.0. The SMILES string of the molecule is CCOC(=O)c1c(N=CN(C)C)sc(C=C2C(=O)N(C)C(=O)N(C)C2=O)c1-c1ccccc1. The monoisotopic (exact) mass is 468 g/mol. The second-order valence-corrected chi connectivity index (χ2v) is 8.42. The van der Waals surface area contributed by atoms with Crippen molar-refractivity contribution in [3.05, 3.63) is 46.3 Å². The molecular weight excluding hydrogens is 444 g/mol. The van der Waals surface area contributed by atoms with Crippen molar-refractivity contribution in [3.8, 4) is 11.1 Å². The lowest BCUT2D eigenvalue weighted by molar-refractivity contribution is -0.134. The zero-order valence-corrected chi connectivity index (χ0v) is 19.8. The van der Waals surface area contributed by atoms with Gasteiger partial charge in [0.25, 0.3) is 11.8 Å². The lowest BCUT2D eigenvalue weighted by Gasteiger charge is -2.28. The molecule has 1 aromatic carbocycles. The van der Waals surface area contributed by atoms with E-state index in [1.807, 2.05) is 30.3 Å². The summed E-state index contributed by atoms with van der Waals surface area (Å²) in [7, 11) is 6.21. The van der Waals surface area contributed by atoms with Gasteiger partial charge in [0, 0.05) is 38.6 Å². The highest BCUT2D eigenvalue weighted by Crippen LogP contribution is 2.43. The third-order valence-electron chi connectivity index (χ3n) is 4.78. The minimum atomic E-state index is -0.716. The quantitative estimate of drug-likeness (QED) is 0.212. The summed E-state index contributed by atoms with van der Waals surface area (Å²) >= 11 is 1.15. The number of nitrogens with zero attached hydrogens (tertiary/aromatic N) is 4. The van der Waals surface area contributed by atoms with Gasteiger partial charge in [0.2, 0.25) is 0 Å². The number of aliphatic imine (C=N–C) groups is 1. The minimum Gasteiger partial charge on any atom is -0.462 e. The van der Waals surface area contributed by atoms with E-state index in [9.17, 15) is 19.2 Å². The molecule has 0 bridgehead atoms. The Kier molecular flexibility index (Phi) is 7.07. The molecule has 33 heavy (non-hydrogen) atoms. The van der Waals surface area contributed by atoms with Crippen LogP contribution in [0.5, 0.6) is 0 Å². The van der Waals surface area contributed by atoms with Gasteiger partial charge in [-0.15, -0.1) is 11.3 Å². The Bertz CT molecular complexity index is 1140. The molecule has 1 aliphatic heterocycles. The molecule has 0 radical (unpaired) electrons. The maximum Gasteiger partial charge on any atom is 0.341 e. The highest BCUT2D eigenvalue weighted by atomic mass is 32.1. The van der Waals surface area contributed by atoms with E-state index in [0.29, 0.717) is 21.0 Å². The van der Waals surface area contributed by atoms with Gasteiger partial charge < -0.3 is 9.64 Å². The molecule has 2 aromatic rings. The molecule has 1 aliphatic rings. The number of carbonyl (C=O) groups is 4. The first-order valence-electron chi connectivity index (χ1n) is 10.1. The highest BCUT2D eigenvalue weighted by Gasteiger charge is 2.38. The van der Waals surface area contributed by atoms with Crippen molar-refractivity contribution in [1.82, 2.24) is 14.7 Å². The molecule has 10 heteroatoms. The van der Waals surface area contributed by atoms with E-state index in [4.69, 9.17) is 4.74 Å². The molecule has 0 spiro atoms. The second-order valence-electron chi connectivity index (χ2n) is 7.39. The van der Waals surface area contributed by atoms with Crippen molar-refractivity contribution in [1.29, 1.82) is 0 Å². The molecule has 3 rings (SSSR count). The Morgan fingerprint density at radius 1 is 1.09 bits per heavy atom. The summed E-state index contributed by atoms with van der Waals surface area (Å²) in [6, 6.07) is 8.40. The first kappa shape index (κ1) is 23.9. The number of benzene rings is 1. The summed E-state index contributed by atoms with van der Waals surface area (Å²) in [6.45, 7) is 1.88. The number of thiophene rings is 1. The van der Waals surface area contributed by atoms with Gasteiger partial charge in [0.1, 0.15) is 16.1 Å². The maximum atomic E-state index is 13.0. The van der Waals surface area contributed by atoms with Crippen LogP contribution in [0.3, 0.4) is 0 Å². The third kappa shape index (κ3) is 4.70. The molecule has 1 fully saturated rings. The molecule has 0 saturated carbocycles. The topological polar surface area (TPSA) is 99.6 Å². The van der Waals surface area contributed by atoms with Crippen molar-refractivity contribution < 1.29 is 23.9 Å². The Labute approximate surface area is 195 Å². The van der Waals surface area contributed by atoms with Crippen molar-refractivity contribution in [2.75, 3.05) is 34.8 Å². The smallest absolute Gasteiger partial charge is 0.341 e. The fraction of sp³-hybridized carbons (Fsp3) is 0.261. The van der Waals surface area contributed by atoms with Crippen LogP contribution in [-0.4, -0.2) is 79.7 Å². The number of urea groups is 1. The number of rotatable bonds is 6. The average Bonchev–Trinajstić information content (AvgIpc) is 3.17. The van der Waals surface area contributed by atoms with Crippen LogP contribution in [0.1, 0.15) is 22.2 Å². The average molecular weight is 469 g/mol. The number of imide groups is 2. The number of barbiturate groups is 1. The Morgan fingerprint density at radius 2 is 1.70 bits per heavy atom. The minimum absolute atomic E-state index is 0.171. The van der Waals surface area contributed by atoms with Gasteiger partial charge in [-0.2, -0.15) is 0 Å². The van der Waals surface area contributed by atoms with Crippen LogP contribution < -0.4 is 0 Å². The predicted octanol–water partition coefficient (Wildman–Crippen LogP) is 3.25. The third-order valence-corrected chi connectivity index (χ3v) is 5.83. The van der Waals surface area contributed by atoms with Crippen molar-refractivity contribution in [2.24, 2.45) is 4.99 Å². The lowest BCUT2D eigenvalue weighted by Crippen LogP contribution is -2.52. The Morgan fingerprint density at radius 3 is 2.24 bits per heavy atom. The van der Waals surface area contributed by atoms with E-state index in [-0.39, 0.29) is 17.7 Å². The van der Waals surface area contributed by atoms with E-state index in [2.05, 4.69) is 4.99 Å². The lowest BCUT2D eigenvalue weighted by atomic mass is 9.99. The fourth-order valence-corrected chi connectivity index (χ4v) is 4.28. The van der Waals surface area contributed by atoms with Gasteiger partial charge in [-0.3, -0.25) is 19.4 Å². The Balaban J connectivity index is 2.31. The molecule has 2 heterocycles. The number of hydrogen-bond acceptors (Lipinski definition) is 7. The van der Waals surface area contributed by atoms with Crippen LogP contribution in [0.2, 0.25) is 0 Å². The predicted molar refractivity (Wildman–Crippen MR) is 126 cm³/mol. The van der Waals surface area contributed by atoms with Crippen LogP contribution in [0.4, 0.5) is 9.80 Å². The summed E-state index contributed by atoms with van der Waals surface area (Å²) in [5.74, 6) is -1.99. The summed E-state index contributed by atoms with van der Waals surface area (Å²) in [4.78, 5) is 59.0. The van der Waals surface area contributed by atoms with Gasteiger partial charge in [-0.1, -0.05) is 30.3 Å². The molecule has 1 saturated heterocycles. The van der Waals surface area contributed by atoms with Crippen LogP contribution in [0.25, 0.3) is 17.2 Å². The number of amides is 4. The molecule has 172 valence electrons. The zero-order chi connectivity index (χ0) is 24.3. The van der Waals surface area contributed by atoms with Crippen LogP contribution in [0.15, 0.2) is 40.9 Å². The van der Waals surface area contributed by atoms with Gasteiger partial charge in [-0.25, -0.2) is 14.6 Å². The molecule has 0 unspecified atom stereocenters. The number of carbonyl (C=O) groups excluding carboxylic acids is 4. The molecule has 0 atom stereocenters. The fourth-order valence-electron chi connectivity index (χ4n) is 3.19. The van der Waals surface area contributed by atoms with Gasteiger partial charge in [-0.05, 0) is 18.6 Å². The highest BCUT2D eigenvalue weighted by molar-refractivity contribution is 7.17. The first-order valence-corrected chi connectivity index (χ1v) is 10.9. The first-order chi connectivity index (χ1) is 15.7. The number of hydrogen-bond donors (Lipinski definition) is 0. The van der Waals surface area contributed by atoms with E-state index in [1.165, 1.54) is 20.2 Å². The number of esters is 1. The van der Waals surface area contributed by atoms with Crippen molar-refractivity contribution in [3.63, 3.8) is 0 Å². The van der Waals surface area contributed by atoms with Crippen LogP contribution >= 0.6 is 11.3 Å². The summed E-state index contributed by atoms with van der Waals surface area (Å²) in [5.41, 5.74) is 1.26. The van der Waals surface area contributed by atoms with Gasteiger partial charge >= 0.3 is 12.0 Å². The molecule has 9 nitrogen and oxygen atoms in total. The van der Waals surface area contributed by atoms with Gasteiger partial charge in [0.15, 0.2) is 0 Å². The number of likely N-dealkylation sites (N-methyl/N-ethyl adjacent to an activating group) is 2. The summed E-state index contributed by atoms with van der Waals surface area (Å²) in [6.07, 6.45) is 2.96. The molecule has 1 aromatic heterocycles. The van der Waals surface area contributed by atoms with Crippen LogP contribution in [-0.2, 0) is 14.3 Å². The van der Waals surface area contributed by atoms with Gasteiger partial charge in [0.05, 0.1) is 12.9 Å². The Hall–Kier alpha value is -3.79.